The Morgan fingerprint density at radius 2 is 2.25 bits per heavy atom. The monoisotopic (exact) mass is 354 g/mol. The molecular weight excluding hydrogens is 328 g/mol. The van der Waals surface area contributed by atoms with E-state index in [0.717, 1.165) is 43.0 Å². The van der Waals surface area contributed by atoms with Crippen molar-refractivity contribution in [2.24, 2.45) is 17.6 Å². The molecule has 0 radical (unpaired) electrons. The van der Waals surface area contributed by atoms with Crippen molar-refractivity contribution in [2.75, 3.05) is 26.8 Å². The van der Waals surface area contributed by atoms with Gasteiger partial charge in [0.05, 0.1) is 13.0 Å². The number of methoxy groups -OCH3 is 1. The summed E-state index contributed by atoms with van der Waals surface area (Å²) < 4.78 is 11.1. The van der Waals surface area contributed by atoms with Crippen molar-refractivity contribution in [1.29, 1.82) is 0 Å². The van der Waals surface area contributed by atoms with Crippen molar-refractivity contribution in [3.05, 3.63) is 23.8 Å². The maximum atomic E-state index is 12.9. The molecule has 1 aromatic carbocycles. The van der Waals surface area contributed by atoms with Crippen molar-refractivity contribution < 1.29 is 14.3 Å². The Labute approximate surface area is 149 Å². The molecule has 24 heavy (non-hydrogen) atoms. The van der Waals surface area contributed by atoms with Gasteiger partial charge in [0.1, 0.15) is 18.1 Å². The SMILES string of the molecule is COc1ccc2c(c1)CC(C(=O)N1CCCC(C(C)N)C1)CO2.Cl. The van der Waals surface area contributed by atoms with E-state index >= 15 is 0 Å². The van der Waals surface area contributed by atoms with Gasteiger partial charge in [0.2, 0.25) is 5.91 Å². The van der Waals surface area contributed by atoms with Crippen molar-refractivity contribution in [3.63, 3.8) is 0 Å². The van der Waals surface area contributed by atoms with E-state index in [1.165, 1.54) is 0 Å². The molecule has 1 amide bonds. The van der Waals surface area contributed by atoms with E-state index in [0.29, 0.717) is 18.9 Å². The summed E-state index contributed by atoms with van der Waals surface area (Å²) in [6.07, 6.45) is 2.86. The number of piperidine rings is 1. The summed E-state index contributed by atoms with van der Waals surface area (Å²) in [5, 5.41) is 0. The Kier molecular flexibility index (Phi) is 6.35. The van der Waals surface area contributed by atoms with Gasteiger partial charge in [0.25, 0.3) is 0 Å². The van der Waals surface area contributed by atoms with Crippen LogP contribution in [0.25, 0.3) is 0 Å². The first-order valence-corrected chi connectivity index (χ1v) is 8.42. The fraction of sp³-hybridized carbons (Fsp3) is 0.611. The second kappa shape index (κ2) is 8.08. The molecule has 134 valence electrons. The summed E-state index contributed by atoms with van der Waals surface area (Å²) in [5.41, 5.74) is 7.08. The predicted molar refractivity (Wildman–Crippen MR) is 95.9 cm³/mol. The minimum atomic E-state index is -0.110. The zero-order valence-corrected chi connectivity index (χ0v) is 15.2. The summed E-state index contributed by atoms with van der Waals surface area (Å²) in [6.45, 7) is 4.10. The van der Waals surface area contributed by atoms with Gasteiger partial charge in [0.15, 0.2) is 0 Å². The van der Waals surface area contributed by atoms with Crippen molar-refractivity contribution in [1.82, 2.24) is 4.90 Å². The van der Waals surface area contributed by atoms with Gasteiger partial charge in [-0.15, -0.1) is 12.4 Å². The molecule has 5 nitrogen and oxygen atoms in total. The molecule has 1 saturated heterocycles. The third-order valence-electron chi connectivity index (χ3n) is 5.04. The van der Waals surface area contributed by atoms with Crippen molar-refractivity contribution in [2.45, 2.75) is 32.2 Å². The fourth-order valence-electron chi connectivity index (χ4n) is 3.55. The number of likely N-dealkylation sites (tertiary alicyclic amines) is 1. The number of carbonyl (C=O) groups is 1. The molecule has 0 aromatic heterocycles. The number of nitrogens with two attached hydrogens (primary N) is 1. The standard InChI is InChI=1S/C18H26N2O3.ClH/c1-12(19)13-4-3-7-20(10-13)18(21)15-8-14-9-16(22-2)5-6-17(14)23-11-15;/h5-6,9,12-13,15H,3-4,7-8,10-11,19H2,1-2H3;1H. The van der Waals surface area contributed by atoms with Crippen LogP contribution in [0.2, 0.25) is 0 Å². The average Bonchev–Trinajstić information content (AvgIpc) is 2.60. The second-order valence-corrected chi connectivity index (χ2v) is 6.73. The number of carbonyl (C=O) groups excluding carboxylic acids is 1. The number of benzene rings is 1. The summed E-state index contributed by atoms with van der Waals surface area (Å²) in [7, 11) is 1.65. The highest BCUT2D eigenvalue weighted by atomic mass is 35.5. The molecule has 6 heteroatoms. The molecule has 2 heterocycles. The van der Waals surface area contributed by atoms with Crippen LogP contribution >= 0.6 is 12.4 Å². The van der Waals surface area contributed by atoms with Crippen LogP contribution in [-0.4, -0.2) is 43.7 Å². The van der Waals surface area contributed by atoms with Crippen molar-refractivity contribution in [3.8, 4) is 11.5 Å². The maximum absolute atomic E-state index is 12.9. The molecule has 0 spiro atoms. The quantitative estimate of drug-likeness (QED) is 0.904. The lowest BCUT2D eigenvalue weighted by molar-refractivity contribution is -0.138. The van der Waals surface area contributed by atoms with Crippen LogP contribution in [0.15, 0.2) is 18.2 Å². The molecule has 0 aliphatic carbocycles. The number of ether oxygens (including phenoxy) is 2. The average molecular weight is 355 g/mol. The lowest BCUT2D eigenvalue weighted by atomic mass is 9.90. The molecule has 2 N–H and O–H groups in total. The molecule has 3 rings (SSSR count). The highest BCUT2D eigenvalue weighted by Gasteiger charge is 2.33. The number of nitrogens with zero attached hydrogens (tertiary/aromatic N) is 1. The Bertz CT molecular complexity index is 579. The predicted octanol–water partition coefficient (Wildman–Crippen LogP) is 2.25. The van der Waals surface area contributed by atoms with E-state index < -0.39 is 0 Å². The van der Waals surface area contributed by atoms with Crippen LogP contribution in [0.5, 0.6) is 11.5 Å². The van der Waals surface area contributed by atoms with Gasteiger partial charge >= 0.3 is 0 Å². The number of amides is 1. The molecule has 3 unspecified atom stereocenters. The molecule has 1 aromatic rings. The van der Waals surface area contributed by atoms with Gasteiger partial charge in [-0.2, -0.15) is 0 Å². The van der Waals surface area contributed by atoms with Crippen LogP contribution < -0.4 is 15.2 Å². The van der Waals surface area contributed by atoms with Crippen LogP contribution in [0, 0.1) is 11.8 Å². The van der Waals surface area contributed by atoms with Crippen LogP contribution in [-0.2, 0) is 11.2 Å². The van der Waals surface area contributed by atoms with Crippen LogP contribution in [0.1, 0.15) is 25.3 Å². The van der Waals surface area contributed by atoms with Gasteiger partial charge < -0.3 is 20.1 Å². The maximum Gasteiger partial charge on any atom is 0.229 e. The van der Waals surface area contributed by atoms with Crippen molar-refractivity contribution >= 4 is 18.3 Å². The van der Waals surface area contributed by atoms with E-state index in [4.69, 9.17) is 15.2 Å². The normalized spacial score (nSPS) is 24.2. The fourth-order valence-corrected chi connectivity index (χ4v) is 3.55. The Balaban J connectivity index is 0.00000208. The van der Waals surface area contributed by atoms with Crippen LogP contribution in [0.4, 0.5) is 0 Å². The zero-order chi connectivity index (χ0) is 16.4. The van der Waals surface area contributed by atoms with Gasteiger partial charge in [0, 0.05) is 19.1 Å². The van der Waals surface area contributed by atoms with Gasteiger partial charge in [-0.1, -0.05) is 0 Å². The van der Waals surface area contributed by atoms with E-state index in [-0.39, 0.29) is 30.3 Å². The third kappa shape index (κ3) is 3.95. The topological polar surface area (TPSA) is 64.8 Å². The van der Waals surface area contributed by atoms with Gasteiger partial charge in [-0.25, -0.2) is 0 Å². The highest BCUT2D eigenvalue weighted by molar-refractivity contribution is 5.85. The molecule has 2 aliphatic rings. The van der Waals surface area contributed by atoms with Gasteiger partial charge in [-0.05, 0) is 55.9 Å². The summed E-state index contributed by atoms with van der Waals surface area (Å²) in [6, 6.07) is 5.91. The number of rotatable bonds is 3. The minimum Gasteiger partial charge on any atom is -0.497 e. The molecule has 1 fully saturated rings. The summed E-state index contributed by atoms with van der Waals surface area (Å²) >= 11 is 0. The Morgan fingerprint density at radius 1 is 1.46 bits per heavy atom. The van der Waals surface area contributed by atoms with Crippen LogP contribution in [0.3, 0.4) is 0 Å². The number of fused-ring (bicyclic) bond motifs is 1. The first-order chi connectivity index (χ1) is 11.1. The zero-order valence-electron chi connectivity index (χ0n) is 14.4. The largest absolute Gasteiger partial charge is 0.497 e. The Hall–Kier alpha value is -1.46. The summed E-state index contributed by atoms with van der Waals surface area (Å²) in [5.74, 6) is 2.16. The summed E-state index contributed by atoms with van der Waals surface area (Å²) in [4.78, 5) is 14.8. The number of hydrogen-bond acceptors (Lipinski definition) is 4. The minimum absolute atomic E-state index is 0. The third-order valence-corrected chi connectivity index (χ3v) is 5.04. The second-order valence-electron chi connectivity index (χ2n) is 6.73. The molecular formula is C18H27ClN2O3. The lowest BCUT2D eigenvalue weighted by Gasteiger charge is -2.37. The van der Waals surface area contributed by atoms with E-state index in [1.54, 1.807) is 7.11 Å². The lowest BCUT2D eigenvalue weighted by Crippen LogP contribution is -2.48. The highest BCUT2D eigenvalue weighted by Crippen LogP contribution is 2.32. The number of hydrogen-bond donors (Lipinski definition) is 1. The Morgan fingerprint density at radius 3 is 2.96 bits per heavy atom. The molecule has 0 bridgehead atoms. The smallest absolute Gasteiger partial charge is 0.229 e. The van der Waals surface area contributed by atoms with E-state index in [9.17, 15) is 4.79 Å². The first kappa shape index (κ1) is 18.9. The molecule has 3 atom stereocenters. The molecule has 0 saturated carbocycles. The van der Waals surface area contributed by atoms with E-state index in [1.807, 2.05) is 30.0 Å². The van der Waals surface area contributed by atoms with E-state index in [2.05, 4.69) is 0 Å². The van der Waals surface area contributed by atoms with Gasteiger partial charge in [-0.3, -0.25) is 4.79 Å². The number of halogens is 1. The first-order valence-electron chi connectivity index (χ1n) is 8.42. The molecule has 2 aliphatic heterocycles.